The average Bonchev–Trinajstić information content (AvgIpc) is 2.50. The molecule has 20 heavy (non-hydrogen) atoms. The van der Waals surface area contributed by atoms with E-state index in [-0.39, 0.29) is 5.82 Å². The van der Waals surface area contributed by atoms with Gasteiger partial charge in [0.15, 0.2) is 0 Å². The van der Waals surface area contributed by atoms with Crippen molar-refractivity contribution in [2.45, 2.75) is 6.54 Å². The molecule has 0 saturated carbocycles. The fourth-order valence-corrected chi connectivity index (χ4v) is 2.56. The second kappa shape index (κ2) is 6.01. The van der Waals surface area contributed by atoms with E-state index in [1.54, 1.807) is 0 Å². The van der Waals surface area contributed by atoms with Crippen LogP contribution in [0.5, 0.6) is 0 Å². The molecule has 104 valence electrons. The van der Waals surface area contributed by atoms with Crippen LogP contribution in [-0.4, -0.2) is 36.1 Å². The van der Waals surface area contributed by atoms with Crippen LogP contribution in [0.4, 0.5) is 10.1 Å². The lowest BCUT2D eigenvalue weighted by Gasteiger charge is -2.36. The Morgan fingerprint density at radius 2 is 1.55 bits per heavy atom. The molecule has 3 nitrogen and oxygen atoms in total. The molecule has 0 spiro atoms. The average molecular weight is 271 g/mol. The van der Waals surface area contributed by atoms with Gasteiger partial charge in [0.25, 0.3) is 0 Å². The molecule has 0 aliphatic carbocycles. The van der Waals surface area contributed by atoms with Crippen LogP contribution in [0.3, 0.4) is 0 Å². The summed E-state index contributed by atoms with van der Waals surface area (Å²) >= 11 is 0. The summed E-state index contributed by atoms with van der Waals surface area (Å²) in [7, 11) is 0. The molecule has 1 fully saturated rings. The van der Waals surface area contributed by atoms with Gasteiger partial charge in [0.05, 0.1) is 0 Å². The molecule has 2 aromatic rings. The first-order valence-electron chi connectivity index (χ1n) is 6.93. The van der Waals surface area contributed by atoms with Crippen molar-refractivity contribution < 1.29 is 4.39 Å². The van der Waals surface area contributed by atoms with Gasteiger partial charge in [0.2, 0.25) is 0 Å². The van der Waals surface area contributed by atoms with E-state index in [2.05, 4.69) is 26.9 Å². The van der Waals surface area contributed by atoms with Crippen LogP contribution in [0.25, 0.3) is 0 Å². The van der Waals surface area contributed by atoms with Crippen LogP contribution in [0.2, 0.25) is 0 Å². The number of pyridine rings is 1. The van der Waals surface area contributed by atoms with E-state index in [1.165, 1.54) is 17.7 Å². The van der Waals surface area contributed by atoms with Crippen molar-refractivity contribution >= 4 is 5.69 Å². The summed E-state index contributed by atoms with van der Waals surface area (Å²) in [5.41, 5.74) is 2.41. The van der Waals surface area contributed by atoms with Gasteiger partial charge in [0.1, 0.15) is 5.82 Å². The van der Waals surface area contributed by atoms with Crippen molar-refractivity contribution in [3.63, 3.8) is 0 Å². The van der Waals surface area contributed by atoms with Gasteiger partial charge in [-0.25, -0.2) is 4.39 Å². The first-order chi connectivity index (χ1) is 9.81. The SMILES string of the molecule is Fc1ccc(N2CCN(Cc3ccncc3)CC2)cc1. The number of hydrogen-bond donors (Lipinski definition) is 0. The van der Waals surface area contributed by atoms with Gasteiger partial charge in [-0.15, -0.1) is 0 Å². The van der Waals surface area contributed by atoms with E-state index in [0.29, 0.717) is 0 Å². The molecule has 3 rings (SSSR count). The van der Waals surface area contributed by atoms with Gasteiger partial charge >= 0.3 is 0 Å². The molecular weight excluding hydrogens is 253 g/mol. The molecule has 1 saturated heterocycles. The number of benzene rings is 1. The zero-order valence-electron chi connectivity index (χ0n) is 11.4. The number of halogens is 1. The fraction of sp³-hybridized carbons (Fsp3) is 0.312. The zero-order chi connectivity index (χ0) is 13.8. The molecule has 0 amide bonds. The highest BCUT2D eigenvalue weighted by Gasteiger charge is 2.17. The highest BCUT2D eigenvalue weighted by molar-refractivity contribution is 5.46. The number of piperazine rings is 1. The maximum absolute atomic E-state index is 12.9. The summed E-state index contributed by atoms with van der Waals surface area (Å²) in [4.78, 5) is 8.79. The smallest absolute Gasteiger partial charge is 0.123 e. The van der Waals surface area contributed by atoms with Crippen molar-refractivity contribution in [2.75, 3.05) is 31.1 Å². The normalized spacial score (nSPS) is 16.4. The summed E-state index contributed by atoms with van der Waals surface area (Å²) in [5, 5.41) is 0. The lowest BCUT2D eigenvalue weighted by molar-refractivity contribution is 0.250. The van der Waals surface area contributed by atoms with Gasteiger partial charge in [-0.1, -0.05) is 0 Å². The second-order valence-electron chi connectivity index (χ2n) is 5.10. The lowest BCUT2D eigenvalue weighted by atomic mass is 10.2. The van der Waals surface area contributed by atoms with E-state index in [9.17, 15) is 4.39 Å². The molecule has 1 aromatic carbocycles. The van der Waals surface area contributed by atoms with Crippen molar-refractivity contribution in [1.29, 1.82) is 0 Å². The minimum atomic E-state index is -0.176. The summed E-state index contributed by atoms with van der Waals surface area (Å²) in [6.07, 6.45) is 3.67. The third-order valence-electron chi connectivity index (χ3n) is 3.72. The Kier molecular flexibility index (Phi) is 3.92. The van der Waals surface area contributed by atoms with E-state index in [1.807, 2.05) is 24.5 Å². The van der Waals surface area contributed by atoms with Crippen molar-refractivity contribution in [2.24, 2.45) is 0 Å². The van der Waals surface area contributed by atoms with Crippen molar-refractivity contribution in [1.82, 2.24) is 9.88 Å². The number of aromatic nitrogens is 1. The van der Waals surface area contributed by atoms with Crippen molar-refractivity contribution in [3.8, 4) is 0 Å². The standard InChI is InChI=1S/C16H18FN3/c17-15-1-3-16(4-2-15)20-11-9-19(10-12-20)13-14-5-7-18-8-6-14/h1-8H,9-13H2. The van der Waals surface area contributed by atoms with Gasteiger partial charge in [-0.05, 0) is 42.0 Å². The Balaban J connectivity index is 1.55. The third-order valence-corrected chi connectivity index (χ3v) is 3.72. The molecule has 0 atom stereocenters. The molecule has 1 aromatic heterocycles. The van der Waals surface area contributed by atoms with E-state index >= 15 is 0 Å². The Hall–Kier alpha value is -1.94. The second-order valence-corrected chi connectivity index (χ2v) is 5.10. The number of rotatable bonds is 3. The fourth-order valence-electron chi connectivity index (χ4n) is 2.56. The molecule has 1 aliphatic rings. The topological polar surface area (TPSA) is 19.4 Å². The number of hydrogen-bond acceptors (Lipinski definition) is 3. The maximum atomic E-state index is 12.9. The molecule has 0 unspecified atom stereocenters. The van der Waals surface area contributed by atoms with E-state index in [0.717, 1.165) is 38.4 Å². The molecule has 0 N–H and O–H groups in total. The van der Waals surface area contributed by atoms with Crippen LogP contribution < -0.4 is 4.90 Å². The highest BCUT2D eigenvalue weighted by Crippen LogP contribution is 2.17. The minimum Gasteiger partial charge on any atom is -0.369 e. The first kappa shape index (κ1) is 13.1. The van der Waals surface area contributed by atoms with Gasteiger partial charge in [-0.2, -0.15) is 0 Å². The highest BCUT2D eigenvalue weighted by atomic mass is 19.1. The van der Waals surface area contributed by atoms with Gasteiger partial charge in [-0.3, -0.25) is 9.88 Å². The summed E-state index contributed by atoms with van der Waals surface area (Å²) in [5.74, 6) is -0.176. The first-order valence-corrected chi connectivity index (χ1v) is 6.93. The van der Waals surface area contributed by atoms with Gasteiger partial charge < -0.3 is 4.90 Å². The quantitative estimate of drug-likeness (QED) is 0.855. The monoisotopic (exact) mass is 271 g/mol. The van der Waals surface area contributed by atoms with E-state index < -0.39 is 0 Å². The lowest BCUT2D eigenvalue weighted by Crippen LogP contribution is -2.45. The Morgan fingerprint density at radius 1 is 0.900 bits per heavy atom. The largest absolute Gasteiger partial charge is 0.369 e. The Morgan fingerprint density at radius 3 is 2.20 bits per heavy atom. The summed E-state index contributed by atoms with van der Waals surface area (Å²) in [6, 6.07) is 10.9. The molecule has 0 bridgehead atoms. The van der Waals surface area contributed by atoms with Crippen LogP contribution in [0.1, 0.15) is 5.56 Å². The molecule has 2 heterocycles. The maximum Gasteiger partial charge on any atom is 0.123 e. The van der Waals surface area contributed by atoms with E-state index in [4.69, 9.17) is 0 Å². The van der Waals surface area contributed by atoms with Crippen LogP contribution >= 0.6 is 0 Å². The number of nitrogens with zero attached hydrogens (tertiary/aromatic N) is 3. The Labute approximate surface area is 118 Å². The predicted molar refractivity (Wildman–Crippen MR) is 78.1 cm³/mol. The predicted octanol–water partition coefficient (Wildman–Crippen LogP) is 2.54. The molecular formula is C16H18FN3. The molecule has 1 aliphatic heterocycles. The molecule has 0 radical (unpaired) electrons. The zero-order valence-corrected chi connectivity index (χ0v) is 11.4. The Bertz CT molecular complexity index is 533. The number of anilines is 1. The minimum absolute atomic E-state index is 0.176. The van der Waals surface area contributed by atoms with Crippen LogP contribution in [-0.2, 0) is 6.54 Å². The van der Waals surface area contributed by atoms with Gasteiger partial charge in [0, 0.05) is 50.8 Å². The third kappa shape index (κ3) is 3.14. The molecule has 4 heteroatoms. The summed E-state index contributed by atoms with van der Waals surface area (Å²) in [6.45, 7) is 4.99. The summed E-state index contributed by atoms with van der Waals surface area (Å²) < 4.78 is 12.9. The van der Waals surface area contributed by atoms with Crippen LogP contribution in [0.15, 0.2) is 48.8 Å². The van der Waals surface area contributed by atoms with Crippen molar-refractivity contribution in [3.05, 3.63) is 60.2 Å². The van der Waals surface area contributed by atoms with Crippen LogP contribution in [0, 0.1) is 5.82 Å².